The summed E-state index contributed by atoms with van der Waals surface area (Å²) in [5.74, 6) is 2.12. The van der Waals surface area contributed by atoms with Crippen LogP contribution >= 0.6 is 0 Å². The van der Waals surface area contributed by atoms with Gasteiger partial charge in [0.25, 0.3) is 0 Å². The summed E-state index contributed by atoms with van der Waals surface area (Å²) in [7, 11) is 0. The van der Waals surface area contributed by atoms with Gasteiger partial charge >= 0.3 is 0 Å². The number of rotatable bonds is 8. The molecule has 2 unspecified atom stereocenters. The third kappa shape index (κ3) is 4.83. The molecule has 1 rings (SSSR count). The molecule has 1 aliphatic rings. The van der Waals surface area contributed by atoms with Crippen molar-refractivity contribution < 1.29 is 0 Å². The van der Waals surface area contributed by atoms with Gasteiger partial charge in [-0.15, -0.1) is 0 Å². The van der Waals surface area contributed by atoms with Crippen molar-refractivity contribution in [1.29, 1.82) is 0 Å². The van der Waals surface area contributed by atoms with Gasteiger partial charge in [0.2, 0.25) is 0 Å². The van der Waals surface area contributed by atoms with Crippen molar-refractivity contribution in [3.8, 4) is 0 Å². The molecular weight excluding hydrogens is 168 g/mol. The molecule has 82 valence electrons. The normalized spacial score (nSPS) is 25.9. The number of unbranched alkanes of at least 4 members (excludes halogenated alkanes) is 4. The zero-order chi connectivity index (χ0) is 10.2. The maximum atomic E-state index is 2.42. The van der Waals surface area contributed by atoms with Crippen LogP contribution in [0, 0.1) is 11.8 Å². The lowest BCUT2D eigenvalue weighted by molar-refractivity contribution is 0.668. The van der Waals surface area contributed by atoms with Crippen LogP contribution in [-0.2, 0) is 0 Å². The van der Waals surface area contributed by atoms with Crippen LogP contribution in [0.2, 0.25) is 0 Å². The summed E-state index contributed by atoms with van der Waals surface area (Å²) < 4.78 is 0. The van der Waals surface area contributed by atoms with Crippen molar-refractivity contribution in [1.82, 2.24) is 0 Å². The molecule has 0 spiro atoms. The van der Waals surface area contributed by atoms with Crippen LogP contribution in [-0.4, -0.2) is 0 Å². The minimum atomic E-state index is 1.05. The average molecular weight is 194 g/mol. The maximum absolute atomic E-state index is 2.42. The molecule has 2 atom stereocenters. The fourth-order valence-corrected chi connectivity index (χ4v) is 2.18. The molecule has 0 bridgehead atoms. The lowest BCUT2D eigenvalue weighted by Gasteiger charge is -1.94. The van der Waals surface area contributed by atoms with Crippen LogP contribution in [0.3, 0.4) is 0 Å². The lowest BCUT2D eigenvalue weighted by Crippen LogP contribution is -1.78. The fraction of sp³-hybridized carbons (Fsp3) is 0.857. The van der Waals surface area contributed by atoms with E-state index in [-0.39, 0.29) is 0 Å². The van der Waals surface area contributed by atoms with Crippen LogP contribution in [0.1, 0.15) is 65.2 Å². The van der Waals surface area contributed by atoms with Gasteiger partial charge in [0, 0.05) is 0 Å². The van der Waals surface area contributed by atoms with Crippen molar-refractivity contribution in [2.24, 2.45) is 11.8 Å². The van der Waals surface area contributed by atoms with Crippen molar-refractivity contribution in [2.45, 2.75) is 65.2 Å². The second-order valence-electron chi connectivity index (χ2n) is 4.72. The minimum absolute atomic E-state index is 1.05. The van der Waals surface area contributed by atoms with Crippen LogP contribution in [0.25, 0.3) is 0 Å². The smallest absolute Gasteiger partial charge is 0.0319 e. The monoisotopic (exact) mass is 194 g/mol. The SMILES string of the molecule is CCCCCC/C=C\CC1CC1CC. The Morgan fingerprint density at radius 3 is 2.50 bits per heavy atom. The molecule has 0 heteroatoms. The standard InChI is InChI=1S/C14H26/c1-3-5-6-7-8-9-10-11-14-12-13(14)4-2/h9-10,13-14H,3-8,11-12H2,1-2H3/b10-9-. The first-order valence-corrected chi connectivity index (χ1v) is 6.53. The molecule has 0 radical (unpaired) electrons. The van der Waals surface area contributed by atoms with Gasteiger partial charge in [-0.2, -0.15) is 0 Å². The first kappa shape index (κ1) is 11.8. The van der Waals surface area contributed by atoms with E-state index >= 15 is 0 Å². The largest absolute Gasteiger partial charge is 0.0885 e. The first-order valence-electron chi connectivity index (χ1n) is 6.53. The second-order valence-corrected chi connectivity index (χ2v) is 4.72. The fourth-order valence-electron chi connectivity index (χ4n) is 2.18. The zero-order valence-corrected chi connectivity index (χ0v) is 9.97. The summed E-state index contributed by atoms with van der Waals surface area (Å²) >= 11 is 0. The predicted octanol–water partition coefficient (Wildman–Crippen LogP) is 4.95. The van der Waals surface area contributed by atoms with Crippen LogP contribution in [0.4, 0.5) is 0 Å². The molecule has 0 heterocycles. The molecule has 0 aromatic rings. The Labute approximate surface area is 89.8 Å². The molecule has 1 saturated carbocycles. The quantitative estimate of drug-likeness (QED) is 0.379. The number of hydrogen-bond donors (Lipinski definition) is 0. The van der Waals surface area contributed by atoms with E-state index in [1.165, 1.54) is 51.4 Å². The van der Waals surface area contributed by atoms with Crippen molar-refractivity contribution in [2.75, 3.05) is 0 Å². The molecule has 0 aromatic carbocycles. The zero-order valence-electron chi connectivity index (χ0n) is 9.97. The summed E-state index contributed by atoms with van der Waals surface area (Å²) in [4.78, 5) is 0. The molecule has 0 amide bonds. The first-order chi connectivity index (χ1) is 6.88. The van der Waals surface area contributed by atoms with Crippen LogP contribution in [0.15, 0.2) is 12.2 Å². The number of allylic oxidation sites excluding steroid dienone is 2. The van der Waals surface area contributed by atoms with E-state index in [1.54, 1.807) is 0 Å². The van der Waals surface area contributed by atoms with E-state index in [0.717, 1.165) is 11.8 Å². The molecule has 0 N–H and O–H groups in total. The van der Waals surface area contributed by atoms with Gasteiger partial charge in [-0.1, -0.05) is 51.7 Å². The Balaban J connectivity index is 1.84. The van der Waals surface area contributed by atoms with Gasteiger partial charge in [0.1, 0.15) is 0 Å². The summed E-state index contributed by atoms with van der Waals surface area (Å²) in [6.45, 7) is 4.59. The third-order valence-electron chi connectivity index (χ3n) is 3.42. The predicted molar refractivity (Wildman–Crippen MR) is 64.4 cm³/mol. The molecule has 0 aromatic heterocycles. The van der Waals surface area contributed by atoms with Gasteiger partial charge in [-0.3, -0.25) is 0 Å². The Bertz CT molecular complexity index is 157. The topological polar surface area (TPSA) is 0 Å². The Kier molecular flexibility index (Phi) is 5.98. The average Bonchev–Trinajstić information content (AvgIpc) is 2.95. The molecule has 0 saturated heterocycles. The van der Waals surface area contributed by atoms with Gasteiger partial charge < -0.3 is 0 Å². The molecular formula is C14H26. The molecule has 1 aliphatic carbocycles. The van der Waals surface area contributed by atoms with Gasteiger partial charge in [-0.25, -0.2) is 0 Å². The van der Waals surface area contributed by atoms with E-state index in [2.05, 4.69) is 26.0 Å². The Hall–Kier alpha value is -0.260. The third-order valence-corrected chi connectivity index (χ3v) is 3.42. The highest BCUT2D eigenvalue weighted by atomic mass is 14.4. The van der Waals surface area contributed by atoms with Gasteiger partial charge in [0.15, 0.2) is 0 Å². The highest BCUT2D eigenvalue weighted by molar-refractivity contribution is 4.93. The van der Waals surface area contributed by atoms with E-state index in [9.17, 15) is 0 Å². The lowest BCUT2D eigenvalue weighted by atomic mass is 10.1. The summed E-state index contributed by atoms with van der Waals surface area (Å²) in [6.07, 6.45) is 16.0. The minimum Gasteiger partial charge on any atom is -0.0885 e. The summed E-state index contributed by atoms with van der Waals surface area (Å²) in [5, 5.41) is 0. The molecule has 1 fully saturated rings. The molecule has 14 heavy (non-hydrogen) atoms. The summed E-state index contributed by atoms with van der Waals surface area (Å²) in [6, 6.07) is 0. The summed E-state index contributed by atoms with van der Waals surface area (Å²) in [5.41, 5.74) is 0. The highest BCUT2D eigenvalue weighted by Gasteiger charge is 2.33. The van der Waals surface area contributed by atoms with Gasteiger partial charge in [0.05, 0.1) is 0 Å². The Morgan fingerprint density at radius 1 is 1.00 bits per heavy atom. The van der Waals surface area contributed by atoms with Crippen molar-refractivity contribution >= 4 is 0 Å². The van der Waals surface area contributed by atoms with Crippen LogP contribution in [0.5, 0.6) is 0 Å². The van der Waals surface area contributed by atoms with Gasteiger partial charge in [-0.05, 0) is 37.5 Å². The van der Waals surface area contributed by atoms with Crippen molar-refractivity contribution in [3.63, 3.8) is 0 Å². The van der Waals surface area contributed by atoms with E-state index in [1.807, 2.05) is 0 Å². The highest BCUT2D eigenvalue weighted by Crippen LogP contribution is 2.43. The van der Waals surface area contributed by atoms with Crippen molar-refractivity contribution in [3.05, 3.63) is 12.2 Å². The van der Waals surface area contributed by atoms with E-state index in [0.29, 0.717) is 0 Å². The number of hydrogen-bond acceptors (Lipinski definition) is 0. The Morgan fingerprint density at radius 2 is 1.86 bits per heavy atom. The maximum Gasteiger partial charge on any atom is -0.0319 e. The molecule has 0 nitrogen and oxygen atoms in total. The van der Waals surface area contributed by atoms with Crippen LogP contribution < -0.4 is 0 Å². The van der Waals surface area contributed by atoms with E-state index < -0.39 is 0 Å². The molecule has 0 aliphatic heterocycles. The second kappa shape index (κ2) is 7.09. The van der Waals surface area contributed by atoms with E-state index in [4.69, 9.17) is 0 Å².